The number of nitrogens with one attached hydrogen (secondary N) is 2. The van der Waals surface area contributed by atoms with Gasteiger partial charge in [-0.15, -0.1) is 0 Å². The fourth-order valence-electron chi connectivity index (χ4n) is 3.63. The number of anilines is 1. The van der Waals surface area contributed by atoms with Crippen LogP contribution in [0.4, 0.5) is 5.95 Å². The van der Waals surface area contributed by atoms with Crippen molar-refractivity contribution in [3.05, 3.63) is 75.7 Å². The van der Waals surface area contributed by atoms with Gasteiger partial charge in [0.15, 0.2) is 5.65 Å². The van der Waals surface area contributed by atoms with Crippen LogP contribution in [0.2, 0.25) is 5.02 Å². The fraction of sp³-hybridized carbons (Fsp3) is 0.190. The molecule has 7 nitrogen and oxygen atoms in total. The van der Waals surface area contributed by atoms with E-state index in [0.29, 0.717) is 34.4 Å². The highest BCUT2D eigenvalue weighted by atomic mass is 35.5. The summed E-state index contributed by atoms with van der Waals surface area (Å²) >= 11 is 6.32. The molecule has 0 spiro atoms. The summed E-state index contributed by atoms with van der Waals surface area (Å²) in [7, 11) is 0. The Kier molecular flexibility index (Phi) is 4.44. The van der Waals surface area contributed by atoms with Gasteiger partial charge < -0.3 is 10.1 Å². The van der Waals surface area contributed by atoms with Crippen molar-refractivity contribution in [1.82, 2.24) is 19.7 Å². The highest BCUT2D eigenvalue weighted by molar-refractivity contribution is 6.32. The molecule has 0 amide bonds. The zero-order valence-electron chi connectivity index (χ0n) is 15.4. The monoisotopic (exact) mass is 407 g/mol. The molecule has 1 aliphatic heterocycles. The number of halogens is 1. The van der Waals surface area contributed by atoms with Gasteiger partial charge in [0.2, 0.25) is 5.95 Å². The van der Waals surface area contributed by atoms with E-state index in [-0.39, 0.29) is 11.6 Å². The Morgan fingerprint density at radius 2 is 2.03 bits per heavy atom. The van der Waals surface area contributed by atoms with Crippen molar-refractivity contribution in [1.29, 1.82) is 0 Å². The van der Waals surface area contributed by atoms with E-state index < -0.39 is 0 Å². The molecular formula is C21H18ClN5O2. The normalized spacial score (nSPS) is 16.1. The van der Waals surface area contributed by atoms with E-state index >= 15 is 0 Å². The SMILES string of the molecule is O=c1[nH]c(NC2CCCOc3c(Cl)cccc32)nc2c1cnn2-c1ccccc1. The van der Waals surface area contributed by atoms with E-state index in [0.717, 1.165) is 24.1 Å². The summed E-state index contributed by atoms with van der Waals surface area (Å²) in [6, 6.07) is 15.2. The highest BCUT2D eigenvalue weighted by Crippen LogP contribution is 2.38. The summed E-state index contributed by atoms with van der Waals surface area (Å²) < 4.78 is 7.49. The molecule has 1 aliphatic rings. The minimum Gasteiger partial charge on any atom is -0.492 e. The summed E-state index contributed by atoms with van der Waals surface area (Å²) in [5.41, 5.74) is 2.05. The van der Waals surface area contributed by atoms with Crippen LogP contribution in [-0.2, 0) is 0 Å². The lowest BCUT2D eigenvalue weighted by molar-refractivity contribution is 0.316. The van der Waals surface area contributed by atoms with Gasteiger partial charge in [0, 0.05) is 5.56 Å². The second-order valence-corrected chi connectivity index (χ2v) is 7.30. The van der Waals surface area contributed by atoms with Crippen molar-refractivity contribution >= 4 is 28.6 Å². The van der Waals surface area contributed by atoms with E-state index in [2.05, 4.69) is 20.4 Å². The first kappa shape index (κ1) is 17.8. The first-order valence-corrected chi connectivity index (χ1v) is 9.80. The Morgan fingerprint density at radius 1 is 1.17 bits per heavy atom. The Morgan fingerprint density at radius 3 is 2.90 bits per heavy atom. The number of nitrogens with zero attached hydrogens (tertiary/aromatic N) is 3. The Labute approximate surface area is 171 Å². The van der Waals surface area contributed by atoms with Crippen LogP contribution in [0.1, 0.15) is 24.4 Å². The van der Waals surface area contributed by atoms with E-state index in [1.807, 2.05) is 48.5 Å². The maximum Gasteiger partial charge on any atom is 0.263 e. The van der Waals surface area contributed by atoms with Gasteiger partial charge in [0.1, 0.15) is 11.1 Å². The number of aromatic nitrogens is 4. The average molecular weight is 408 g/mol. The summed E-state index contributed by atoms with van der Waals surface area (Å²) in [5, 5.41) is 8.72. The molecule has 0 radical (unpaired) electrons. The third-order valence-electron chi connectivity index (χ3n) is 5.01. The van der Waals surface area contributed by atoms with Gasteiger partial charge in [-0.25, -0.2) is 4.68 Å². The summed E-state index contributed by atoms with van der Waals surface area (Å²) in [6.07, 6.45) is 3.22. The quantitative estimate of drug-likeness (QED) is 0.534. The molecule has 1 atom stereocenters. The van der Waals surface area contributed by atoms with Gasteiger partial charge in [-0.3, -0.25) is 9.78 Å². The van der Waals surface area contributed by atoms with Gasteiger partial charge in [0.05, 0.1) is 29.6 Å². The molecule has 0 aliphatic carbocycles. The second kappa shape index (κ2) is 7.25. The summed E-state index contributed by atoms with van der Waals surface area (Å²) in [5.74, 6) is 1.07. The minimum atomic E-state index is -0.240. The van der Waals surface area contributed by atoms with Crippen LogP contribution in [0.3, 0.4) is 0 Å². The Balaban J connectivity index is 1.57. The zero-order chi connectivity index (χ0) is 19.8. The van der Waals surface area contributed by atoms with Gasteiger partial charge in [-0.1, -0.05) is 41.9 Å². The third-order valence-corrected chi connectivity index (χ3v) is 5.30. The second-order valence-electron chi connectivity index (χ2n) is 6.89. The average Bonchev–Trinajstić information content (AvgIpc) is 3.05. The largest absolute Gasteiger partial charge is 0.492 e. The van der Waals surface area contributed by atoms with Crippen molar-refractivity contribution in [3.8, 4) is 11.4 Å². The van der Waals surface area contributed by atoms with Crippen molar-refractivity contribution in [2.75, 3.05) is 11.9 Å². The number of H-pyrrole nitrogens is 1. The number of benzene rings is 2. The van der Waals surface area contributed by atoms with Crippen LogP contribution in [0.5, 0.6) is 5.75 Å². The van der Waals surface area contributed by atoms with Gasteiger partial charge in [-0.2, -0.15) is 10.1 Å². The van der Waals surface area contributed by atoms with Crippen LogP contribution >= 0.6 is 11.6 Å². The molecule has 8 heteroatoms. The molecular weight excluding hydrogens is 390 g/mol. The number of ether oxygens (including phenoxy) is 1. The van der Waals surface area contributed by atoms with E-state index in [1.54, 1.807) is 4.68 Å². The van der Waals surface area contributed by atoms with Crippen LogP contribution in [-0.4, -0.2) is 26.4 Å². The van der Waals surface area contributed by atoms with Crippen LogP contribution in [0.25, 0.3) is 16.7 Å². The standard InChI is InChI=1S/C21H18ClN5O2/c22-16-9-4-8-14-17(10-5-11-29-18(14)16)24-21-25-19-15(20(28)26-21)12-23-27(19)13-6-2-1-3-7-13/h1-4,6-9,12,17H,5,10-11H2,(H2,24,25,26,28). The van der Waals surface area contributed by atoms with Crippen LogP contribution < -0.4 is 15.6 Å². The molecule has 0 fully saturated rings. The highest BCUT2D eigenvalue weighted by Gasteiger charge is 2.23. The van der Waals surface area contributed by atoms with E-state index in [1.165, 1.54) is 6.20 Å². The van der Waals surface area contributed by atoms with Crippen molar-refractivity contribution in [3.63, 3.8) is 0 Å². The number of hydrogen-bond donors (Lipinski definition) is 2. The summed E-state index contributed by atoms with van der Waals surface area (Å²) in [4.78, 5) is 20.1. The van der Waals surface area contributed by atoms with Crippen molar-refractivity contribution in [2.45, 2.75) is 18.9 Å². The lowest BCUT2D eigenvalue weighted by Crippen LogP contribution is -2.17. The molecule has 2 aromatic heterocycles. The van der Waals surface area contributed by atoms with Gasteiger partial charge in [0.25, 0.3) is 5.56 Å². The van der Waals surface area contributed by atoms with Gasteiger partial charge >= 0.3 is 0 Å². The Hall–Kier alpha value is -3.32. The molecule has 29 heavy (non-hydrogen) atoms. The minimum absolute atomic E-state index is 0.0834. The molecule has 146 valence electrons. The zero-order valence-corrected chi connectivity index (χ0v) is 16.2. The molecule has 4 aromatic rings. The van der Waals surface area contributed by atoms with E-state index in [4.69, 9.17) is 16.3 Å². The van der Waals surface area contributed by atoms with Crippen molar-refractivity contribution in [2.24, 2.45) is 0 Å². The first-order chi connectivity index (χ1) is 14.2. The molecule has 2 aromatic carbocycles. The molecule has 0 bridgehead atoms. The molecule has 3 heterocycles. The summed E-state index contributed by atoms with van der Waals surface area (Å²) in [6.45, 7) is 0.596. The van der Waals surface area contributed by atoms with Crippen LogP contribution in [0, 0.1) is 0 Å². The molecule has 5 rings (SSSR count). The molecule has 2 N–H and O–H groups in total. The van der Waals surface area contributed by atoms with Crippen LogP contribution in [0.15, 0.2) is 59.5 Å². The molecule has 1 unspecified atom stereocenters. The van der Waals surface area contributed by atoms with E-state index in [9.17, 15) is 4.79 Å². The Bertz CT molecular complexity index is 1240. The predicted octanol–water partition coefficient (Wildman–Crippen LogP) is 4.09. The van der Waals surface area contributed by atoms with Gasteiger partial charge in [-0.05, 0) is 31.0 Å². The fourth-order valence-corrected chi connectivity index (χ4v) is 3.87. The smallest absolute Gasteiger partial charge is 0.263 e. The number of aromatic amines is 1. The first-order valence-electron chi connectivity index (χ1n) is 9.42. The molecule has 0 saturated heterocycles. The van der Waals surface area contributed by atoms with Crippen molar-refractivity contribution < 1.29 is 4.74 Å². The maximum atomic E-state index is 12.6. The number of hydrogen-bond acceptors (Lipinski definition) is 5. The molecule has 0 saturated carbocycles. The topological polar surface area (TPSA) is 84.8 Å². The predicted molar refractivity (Wildman–Crippen MR) is 112 cm³/mol. The number of rotatable bonds is 3. The lowest BCUT2D eigenvalue weighted by Gasteiger charge is -2.19. The lowest BCUT2D eigenvalue weighted by atomic mass is 10.0. The number of para-hydroxylation sites is 2. The third kappa shape index (κ3) is 3.23. The maximum absolute atomic E-state index is 12.6. The number of fused-ring (bicyclic) bond motifs is 2.